The number of phenolic OH excluding ortho intramolecular Hbond substituents is 1. The quantitative estimate of drug-likeness (QED) is 0.824. The summed E-state index contributed by atoms with van der Waals surface area (Å²) in [6.45, 7) is 0. The van der Waals surface area contributed by atoms with Crippen LogP contribution < -0.4 is 0 Å². The van der Waals surface area contributed by atoms with Gasteiger partial charge in [0, 0.05) is 0 Å². The molecule has 0 amide bonds. The Morgan fingerprint density at radius 3 is 1.87 bits per heavy atom. The minimum absolute atomic E-state index is 0.0269. The Bertz CT molecular complexity index is 276. The summed E-state index contributed by atoms with van der Waals surface area (Å²) in [7, 11) is 9.87. The number of rotatable bonds is 1. The van der Waals surface area contributed by atoms with Gasteiger partial charge in [0.25, 0.3) is 0 Å². The molecule has 84 valence electrons. The summed E-state index contributed by atoms with van der Waals surface area (Å²) in [5, 5.41) is 8.77. The zero-order chi connectivity index (χ0) is 11.9. The molecular formula is C8H7Cl2F3OZr. The van der Waals surface area contributed by atoms with Crippen molar-refractivity contribution in [2.75, 3.05) is 0 Å². The summed E-state index contributed by atoms with van der Waals surface area (Å²) < 4.78 is 35.3. The Labute approximate surface area is 104 Å². The molecule has 0 atom stereocenters. The molecule has 0 radical (unpaired) electrons. The van der Waals surface area contributed by atoms with Gasteiger partial charge in [0.2, 0.25) is 0 Å². The minimum atomic E-state index is -4.18. The number of alkyl halides is 3. The van der Waals surface area contributed by atoms with Crippen LogP contribution in [-0.2, 0) is 27.3 Å². The molecule has 7 heteroatoms. The molecule has 0 bridgehead atoms. The molecule has 0 saturated carbocycles. The van der Waals surface area contributed by atoms with Crippen LogP contribution in [0, 0.1) is 0 Å². The van der Waals surface area contributed by atoms with Crippen molar-refractivity contribution in [2.24, 2.45) is 0 Å². The first-order valence-electron chi connectivity index (χ1n) is 3.70. The van der Waals surface area contributed by atoms with Crippen LogP contribution in [0.25, 0.3) is 0 Å². The predicted molar refractivity (Wildman–Crippen MR) is 49.6 cm³/mol. The summed E-state index contributed by atoms with van der Waals surface area (Å²) in [5.74, 6) is -0.0269. The van der Waals surface area contributed by atoms with Crippen molar-refractivity contribution in [2.45, 2.75) is 12.6 Å². The molecule has 0 aliphatic carbocycles. The van der Waals surface area contributed by atoms with Crippen LogP contribution in [0.1, 0.15) is 5.56 Å². The Morgan fingerprint density at radius 2 is 1.53 bits per heavy atom. The SMILES string of the molecule is Oc1ccc(CC(F)(F)F)cc1.[Cl][Zr][Cl]. The molecule has 0 spiro atoms. The topological polar surface area (TPSA) is 20.2 Å². The zero-order valence-electron chi connectivity index (χ0n) is 7.35. The third-order valence-corrected chi connectivity index (χ3v) is 1.34. The summed E-state index contributed by atoms with van der Waals surface area (Å²) in [5.41, 5.74) is 0.153. The fraction of sp³-hybridized carbons (Fsp3) is 0.250. The first-order chi connectivity index (χ1) is 6.89. The number of aromatic hydroxyl groups is 1. The molecular weight excluding hydrogens is 331 g/mol. The van der Waals surface area contributed by atoms with E-state index in [1.807, 2.05) is 0 Å². The number of hydrogen-bond donors (Lipinski definition) is 1. The van der Waals surface area contributed by atoms with E-state index >= 15 is 0 Å². The second kappa shape index (κ2) is 7.53. The van der Waals surface area contributed by atoms with Crippen molar-refractivity contribution >= 4 is 17.0 Å². The van der Waals surface area contributed by atoms with Crippen molar-refractivity contribution in [3.05, 3.63) is 29.8 Å². The van der Waals surface area contributed by atoms with E-state index < -0.39 is 33.4 Å². The van der Waals surface area contributed by atoms with Crippen LogP contribution >= 0.6 is 17.0 Å². The van der Waals surface area contributed by atoms with E-state index in [0.29, 0.717) is 0 Å². The third-order valence-electron chi connectivity index (χ3n) is 1.34. The van der Waals surface area contributed by atoms with Gasteiger partial charge in [0.1, 0.15) is 5.75 Å². The molecule has 0 heterocycles. The van der Waals surface area contributed by atoms with E-state index in [1.165, 1.54) is 24.3 Å². The van der Waals surface area contributed by atoms with Gasteiger partial charge in [-0.15, -0.1) is 0 Å². The van der Waals surface area contributed by atoms with E-state index in [0.717, 1.165) is 0 Å². The molecule has 0 aromatic heterocycles. The van der Waals surface area contributed by atoms with E-state index in [1.54, 1.807) is 0 Å². The van der Waals surface area contributed by atoms with Crippen LogP contribution in [0.15, 0.2) is 24.3 Å². The van der Waals surface area contributed by atoms with Gasteiger partial charge in [-0.3, -0.25) is 0 Å². The van der Waals surface area contributed by atoms with Gasteiger partial charge in [0.05, 0.1) is 6.42 Å². The summed E-state index contributed by atoms with van der Waals surface area (Å²) in [4.78, 5) is 0. The molecule has 0 saturated heterocycles. The van der Waals surface area contributed by atoms with Gasteiger partial charge in [-0.1, -0.05) is 12.1 Å². The van der Waals surface area contributed by atoms with Crippen molar-refractivity contribution in [3.8, 4) is 5.75 Å². The molecule has 1 nitrogen and oxygen atoms in total. The van der Waals surface area contributed by atoms with Crippen molar-refractivity contribution in [1.29, 1.82) is 0 Å². The molecule has 15 heavy (non-hydrogen) atoms. The number of phenols is 1. The molecule has 1 N–H and O–H groups in total. The number of hydrogen-bond acceptors (Lipinski definition) is 1. The van der Waals surface area contributed by atoms with E-state index in [2.05, 4.69) is 0 Å². The molecule has 0 aliphatic rings. The average molecular weight is 338 g/mol. The third kappa shape index (κ3) is 9.22. The van der Waals surface area contributed by atoms with Gasteiger partial charge in [-0.05, 0) is 17.7 Å². The molecule has 1 aromatic carbocycles. The van der Waals surface area contributed by atoms with Crippen molar-refractivity contribution in [1.82, 2.24) is 0 Å². The van der Waals surface area contributed by atoms with Crippen LogP contribution in [0.4, 0.5) is 13.2 Å². The van der Waals surface area contributed by atoms with Crippen molar-refractivity contribution in [3.63, 3.8) is 0 Å². The number of halogens is 5. The van der Waals surface area contributed by atoms with E-state index in [-0.39, 0.29) is 11.3 Å². The Kier molecular flexibility index (Phi) is 7.67. The van der Waals surface area contributed by atoms with Gasteiger partial charge in [-0.2, -0.15) is 13.2 Å². The Hall–Kier alpha value is 0.273. The first-order valence-corrected chi connectivity index (χ1v) is 10.0. The van der Waals surface area contributed by atoms with Gasteiger partial charge < -0.3 is 5.11 Å². The Morgan fingerprint density at radius 1 is 1.13 bits per heavy atom. The van der Waals surface area contributed by atoms with Crippen LogP contribution in [0.5, 0.6) is 5.75 Å². The monoisotopic (exact) mass is 336 g/mol. The molecule has 1 rings (SSSR count). The van der Waals surface area contributed by atoms with Crippen LogP contribution in [0.3, 0.4) is 0 Å². The molecule has 1 aromatic rings. The van der Waals surface area contributed by atoms with Crippen molar-refractivity contribution < 1.29 is 39.1 Å². The average Bonchev–Trinajstić information content (AvgIpc) is 2.08. The van der Waals surface area contributed by atoms with Gasteiger partial charge in [-0.25, -0.2) is 0 Å². The summed E-state index contributed by atoms with van der Waals surface area (Å²) in [6, 6.07) is 4.98. The van der Waals surface area contributed by atoms with Gasteiger partial charge in [0.15, 0.2) is 0 Å². The number of benzene rings is 1. The summed E-state index contributed by atoms with van der Waals surface area (Å²) in [6.07, 6.45) is -5.13. The predicted octanol–water partition coefficient (Wildman–Crippen LogP) is 3.87. The maximum absolute atomic E-state index is 11.8. The normalized spacial score (nSPS) is 10.2. The second-order valence-electron chi connectivity index (χ2n) is 2.53. The molecule has 0 unspecified atom stereocenters. The van der Waals surface area contributed by atoms with Gasteiger partial charge >= 0.3 is 44.1 Å². The molecule has 0 fully saturated rings. The summed E-state index contributed by atoms with van der Waals surface area (Å²) >= 11 is -0.826. The van der Waals surface area contributed by atoms with E-state index in [9.17, 15) is 13.2 Å². The fourth-order valence-electron chi connectivity index (χ4n) is 0.845. The Balaban J connectivity index is 0.000000583. The maximum atomic E-state index is 11.8. The van der Waals surface area contributed by atoms with Crippen LogP contribution in [-0.4, -0.2) is 11.3 Å². The fourth-order valence-corrected chi connectivity index (χ4v) is 0.845. The standard InChI is InChI=1S/C8H7F3O.2ClH.Zr/c9-8(10,11)5-6-1-3-7(12)4-2-6;;;/h1-4,12H,5H2;2*1H;/q;;;+2/p-2. The first kappa shape index (κ1) is 15.3. The second-order valence-corrected chi connectivity index (χ2v) is 6.26. The molecule has 0 aliphatic heterocycles. The van der Waals surface area contributed by atoms with Crippen LogP contribution in [0.2, 0.25) is 0 Å². The zero-order valence-corrected chi connectivity index (χ0v) is 11.3. The van der Waals surface area contributed by atoms with E-state index in [4.69, 9.17) is 22.1 Å².